The zero-order chi connectivity index (χ0) is 7.56. The standard InChI is InChI=1S/C8H10B2/c1-6(2)7-5-10-4-3-8(7)9/h3-6H,1-2H3. The molecule has 1 aliphatic rings. The molecule has 1 heterocycles. The topological polar surface area (TPSA) is 0 Å². The van der Waals surface area contributed by atoms with E-state index in [4.69, 9.17) is 7.49 Å². The molecule has 0 spiro atoms. The fraction of sp³-hybridized carbons (Fsp3) is 0.375. The Morgan fingerprint density at radius 3 is 2.60 bits per heavy atom. The predicted octanol–water partition coefficient (Wildman–Crippen LogP) is 1.10. The van der Waals surface area contributed by atoms with Gasteiger partial charge in [0.05, 0.1) is 0 Å². The Labute approximate surface area is 64.3 Å². The summed E-state index contributed by atoms with van der Waals surface area (Å²) in [7, 11) is 7.74. The molecule has 0 aromatic rings. The average Bonchev–Trinajstić information content (AvgIpc) is 1.88. The van der Waals surface area contributed by atoms with Crippen LogP contribution in [0.1, 0.15) is 13.8 Å². The van der Waals surface area contributed by atoms with Crippen LogP contribution in [0.5, 0.6) is 0 Å². The molecule has 0 aromatic carbocycles. The molecule has 0 unspecified atom stereocenters. The molecular formula is C8H10B2. The molecule has 0 saturated carbocycles. The Morgan fingerprint density at radius 1 is 1.50 bits per heavy atom. The second-order valence-electron chi connectivity index (χ2n) is 2.78. The molecule has 0 nitrogen and oxygen atoms in total. The molecule has 10 heavy (non-hydrogen) atoms. The van der Waals surface area contributed by atoms with Gasteiger partial charge in [-0.25, -0.2) is 0 Å². The minimum atomic E-state index is 0.529. The molecule has 0 aliphatic carbocycles. The van der Waals surface area contributed by atoms with Crippen LogP contribution in [0.25, 0.3) is 0 Å². The monoisotopic (exact) mass is 128 g/mol. The van der Waals surface area contributed by atoms with Crippen molar-refractivity contribution < 1.29 is 0 Å². The van der Waals surface area contributed by atoms with Crippen molar-refractivity contribution in [3.8, 4) is 0 Å². The first-order valence-electron chi connectivity index (χ1n) is 3.56. The normalized spacial score (nSPS) is 17.0. The SMILES string of the molecule is [B]=C1C=C[B]C=C1C(C)C. The van der Waals surface area contributed by atoms with E-state index in [0.29, 0.717) is 5.92 Å². The van der Waals surface area contributed by atoms with Crippen molar-refractivity contribution >= 4 is 20.2 Å². The van der Waals surface area contributed by atoms with Gasteiger partial charge >= 0.3 is 63.6 Å². The average molecular weight is 128 g/mol. The molecule has 2 radical (unpaired) electrons. The van der Waals surface area contributed by atoms with Gasteiger partial charge in [0.1, 0.15) is 0 Å². The van der Waals surface area contributed by atoms with Gasteiger partial charge in [-0.2, -0.15) is 0 Å². The van der Waals surface area contributed by atoms with E-state index in [1.54, 1.807) is 0 Å². The van der Waals surface area contributed by atoms with E-state index >= 15 is 0 Å². The summed E-state index contributed by atoms with van der Waals surface area (Å²) in [6, 6.07) is 0. The molecule has 0 bridgehead atoms. The molecule has 0 amide bonds. The number of hydrogen-bond acceptors (Lipinski definition) is 0. The van der Waals surface area contributed by atoms with Gasteiger partial charge in [-0.05, 0) is 0 Å². The molecule has 0 fully saturated rings. The van der Waals surface area contributed by atoms with Crippen LogP contribution >= 0.6 is 0 Å². The summed E-state index contributed by atoms with van der Waals surface area (Å²) in [5.41, 5.74) is 2.14. The van der Waals surface area contributed by atoms with Crippen LogP contribution in [-0.4, -0.2) is 20.2 Å². The number of allylic oxidation sites excluding steroid dienone is 2. The first kappa shape index (κ1) is 7.59. The Balaban J connectivity index is 2.76. The summed E-state index contributed by atoms with van der Waals surface area (Å²) in [5.74, 6) is 4.56. The van der Waals surface area contributed by atoms with Crippen molar-refractivity contribution in [1.82, 2.24) is 0 Å². The van der Waals surface area contributed by atoms with Crippen molar-refractivity contribution in [2.24, 2.45) is 5.92 Å². The quantitative estimate of drug-likeness (QED) is 0.463. The summed E-state index contributed by atoms with van der Waals surface area (Å²) in [6.07, 6.45) is 1.94. The van der Waals surface area contributed by atoms with E-state index in [9.17, 15) is 0 Å². The van der Waals surface area contributed by atoms with Crippen molar-refractivity contribution in [2.45, 2.75) is 13.8 Å². The van der Waals surface area contributed by atoms with Crippen LogP contribution < -0.4 is 0 Å². The maximum atomic E-state index is 5.72. The number of rotatable bonds is 1. The summed E-state index contributed by atoms with van der Waals surface area (Å²) >= 11 is 0. The fourth-order valence-electron chi connectivity index (χ4n) is 1.04. The molecular weight excluding hydrogens is 118 g/mol. The molecule has 48 valence electrons. The Kier molecular flexibility index (Phi) is 2.31. The first-order chi connectivity index (χ1) is 4.72. The first-order valence-corrected chi connectivity index (χ1v) is 3.56. The van der Waals surface area contributed by atoms with Gasteiger partial charge in [0, 0.05) is 0 Å². The van der Waals surface area contributed by atoms with Gasteiger partial charge in [-0.3, -0.25) is 0 Å². The second-order valence-corrected chi connectivity index (χ2v) is 2.78. The van der Waals surface area contributed by atoms with Gasteiger partial charge in [0.15, 0.2) is 0 Å². The molecule has 1 rings (SSSR count). The van der Waals surface area contributed by atoms with E-state index in [1.165, 1.54) is 5.57 Å². The summed E-state index contributed by atoms with van der Waals surface area (Å²) in [6.45, 7) is 4.29. The van der Waals surface area contributed by atoms with Crippen LogP contribution in [0.15, 0.2) is 23.6 Å². The molecule has 0 atom stereocenters. The van der Waals surface area contributed by atoms with Crippen LogP contribution in [0.4, 0.5) is 0 Å². The molecule has 1 aliphatic heterocycles. The molecule has 0 N–H and O–H groups in total. The molecule has 0 saturated heterocycles. The van der Waals surface area contributed by atoms with Crippen LogP contribution in [0.3, 0.4) is 0 Å². The van der Waals surface area contributed by atoms with Crippen LogP contribution in [0.2, 0.25) is 0 Å². The van der Waals surface area contributed by atoms with Gasteiger partial charge in [0.2, 0.25) is 0 Å². The second kappa shape index (κ2) is 3.05. The van der Waals surface area contributed by atoms with Crippen molar-refractivity contribution in [3.05, 3.63) is 23.6 Å². The zero-order valence-electron chi connectivity index (χ0n) is 6.46. The van der Waals surface area contributed by atoms with Crippen LogP contribution in [0, 0.1) is 5.92 Å². The summed E-state index contributed by atoms with van der Waals surface area (Å²) in [4.78, 5) is 0. The summed E-state index contributed by atoms with van der Waals surface area (Å²) < 4.78 is 0. The third kappa shape index (κ3) is 1.50. The van der Waals surface area contributed by atoms with Gasteiger partial charge in [-0.15, -0.1) is 0 Å². The van der Waals surface area contributed by atoms with E-state index in [-0.39, 0.29) is 0 Å². The molecule has 2 heteroatoms. The van der Waals surface area contributed by atoms with Crippen molar-refractivity contribution in [1.29, 1.82) is 0 Å². The van der Waals surface area contributed by atoms with Gasteiger partial charge in [0.25, 0.3) is 0 Å². The maximum absolute atomic E-state index is 5.72. The van der Waals surface area contributed by atoms with E-state index in [1.807, 2.05) is 19.3 Å². The summed E-state index contributed by atoms with van der Waals surface area (Å²) in [5, 5.41) is 0. The fourth-order valence-corrected chi connectivity index (χ4v) is 1.04. The van der Waals surface area contributed by atoms with Gasteiger partial charge in [-0.1, -0.05) is 0 Å². The molecule has 0 aromatic heterocycles. The Hall–Kier alpha value is -0.520. The van der Waals surface area contributed by atoms with Crippen molar-refractivity contribution in [3.63, 3.8) is 0 Å². The van der Waals surface area contributed by atoms with Crippen LogP contribution in [-0.2, 0) is 0 Å². The van der Waals surface area contributed by atoms with Gasteiger partial charge < -0.3 is 0 Å². The Morgan fingerprint density at radius 2 is 2.20 bits per heavy atom. The predicted molar refractivity (Wildman–Crippen MR) is 48.6 cm³/mol. The number of hydrogen-bond donors (Lipinski definition) is 0. The Bertz CT molecular complexity index is 199. The third-order valence-corrected chi connectivity index (χ3v) is 1.62. The van der Waals surface area contributed by atoms with E-state index in [2.05, 4.69) is 19.8 Å². The van der Waals surface area contributed by atoms with E-state index < -0.39 is 0 Å². The minimum absolute atomic E-state index is 0.529. The third-order valence-electron chi connectivity index (χ3n) is 1.62. The van der Waals surface area contributed by atoms with Crippen molar-refractivity contribution in [2.75, 3.05) is 0 Å². The van der Waals surface area contributed by atoms with E-state index in [0.717, 1.165) is 5.46 Å². The zero-order valence-corrected chi connectivity index (χ0v) is 6.46.